The number of fused-ring (bicyclic) bond motifs is 4. The molecule has 3 heteroatoms. The SMILES string of the molecule is CC1(C)NC(C)(C)c2cc3c(C#Cc4ccccc4)c4cc5c(cc4c(C#Cc4ccccc4)c3cc21)C(C)(C)N(O)C5(C)C. The van der Waals surface area contributed by atoms with Crippen LogP contribution in [0.4, 0.5) is 0 Å². The normalized spacial score (nSPS) is 18.5. The van der Waals surface area contributed by atoms with Crippen LogP contribution in [0.3, 0.4) is 0 Å². The fourth-order valence-electron chi connectivity index (χ4n) is 7.79. The minimum atomic E-state index is -0.574. The lowest BCUT2D eigenvalue weighted by Gasteiger charge is -2.34. The van der Waals surface area contributed by atoms with Crippen LogP contribution in [-0.2, 0) is 22.2 Å². The monoisotopic (exact) mass is 588 g/mol. The van der Waals surface area contributed by atoms with Gasteiger partial charge in [-0.1, -0.05) is 60.1 Å². The van der Waals surface area contributed by atoms with Gasteiger partial charge in [0.05, 0.1) is 11.1 Å². The Labute approximate surface area is 267 Å². The summed E-state index contributed by atoms with van der Waals surface area (Å²) in [5.41, 5.74) is 7.15. The van der Waals surface area contributed by atoms with Crippen LogP contribution in [0.15, 0.2) is 84.9 Å². The Morgan fingerprint density at radius 3 is 1.18 bits per heavy atom. The van der Waals surface area contributed by atoms with Crippen LogP contribution >= 0.6 is 0 Å². The molecule has 3 nitrogen and oxygen atoms in total. The minimum absolute atomic E-state index is 0.205. The standard InChI is InChI=1S/C42H40N2O/c1-39(2)35-23-31-29(21-19-27-15-11-9-12-16-27)33-25-37-38(42(7,8)44(45)41(37,5)6)26-34(33)30(22-20-28-17-13-10-14-18-28)32(31)24-36(35)40(3,4)43-39/h9-18,23-26,43,45H,1-8H3. The third-order valence-electron chi connectivity index (χ3n) is 9.95. The van der Waals surface area contributed by atoms with Gasteiger partial charge in [0.1, 0.15) is 0 Å². The minimum Gasteiger partial charge on any atom is -0.312 e. The molecule has 7 rings (SSSR count). The maximum Gasteiger partial charge on any atom is 0.0666 e. The van der Waals surface area contributed by atoms with Crippen molar-refractivity contribution in [2.75, 3.05) is 0 Å². The second kappa shape index (κ2) is 9.81. The van der Waals surface area contributed by atoms with Crippen molar-refractivity contribution in [2.24, 2.45) is 0 Å². The summed E-state index contributed by atoms with van der Waals surface area (Å²) in [6.07, 6.45) is 0. The first kappa shape index (κ1) is 29.3. The smallest absolute Gasteiger partial charge is 0.0666 e. The van der Waals surface area contributed by atoms with Gasteiger partial charge in [-0.15, -0.1) is 0 Å². The van der Waals surface area contributed by atoms with E-state index in [1.165, 1.54) is 16.2 Å². The van der Waals surface area contributed by atoms with E-state index in [2.05, 4.69) is 133 Å². The van der Waals surface area contributed by atoms with Gasteiger partial charge in [0, 0.05) is 33.3 Å². The van der Waals surface area contributed by atoms with E-state index in [0.717, 1.165) is 54.9 Å². The molecule has 0 saturated heterocycles. The van der Waals surface area contributed by atoms with Gasteiger partial charge in [-0.3, -0.25) is 5.32 Å². The molecule has 0 spiro atoms. The molecule has 0 aromatic heterocycles. The van der Waals surface area contributed by atoms with Crippen LogP contribution in [0.1, 0.15) is 99.9 Å². The van der Waals surface area contributed by atoms with E-state index in [1.54, 1.807) is 0 Å². The van der Waals surface area contributed by atoms with Gasteiger partial charge < -0.3 is 5.21 Å². The van der Waals surface area contributed by atoms with Gasteiger partial charge in [0.2, 0.25) is 0 Å². The number of nitrogens with zero attached hydrogens (tertiary/aromatic N) is 1. The molecule has 0 radical (unpaired) electrons. The van der Waals surface area contributed by atoms with Gasteiger partial charge in [0.15, 0.2) is 0 Å². The highest BCUT2D eigenvalue weighted by molar-refractivity contribution is 6.11. The Hall–Kier alpha value is -4.38. The lowest BCUT2D eigenvalue weighted by atomic mass is 9.81. The van der Waals surface area contributed by atoms with E-state index in [0.29, 0.717) is 0 Å². The number of hydrogen-bond acceptors (Lipinski definition) is 3. The van der Waals surface area contributed by atoms with Crippen molar-refractivity contribution in [1.29, 1.82) is 0 Å². The molecule has 0 fully saturated rings. The summed E-state index contributed by atoms with van der Waals surface area (Å²) in [5.74, 6) is 14.2. The van der Waals surface area contributed by atoms with Crippen molar-refractivity contribution >= 4 is 21.5 Å². The number of nitrogens with one attached hydrogen (secondary N) is 1. The summed E-state index contributed by atoms with van der Waals surface area (Å²) < 4.78 is 0. The molecular formula is C42H40N2O. The van der Waals surface area contributed by atoms with Crippen molar-refractivity contribution in [3.8, 4) is 23.7 Å². The van der Waals surface area contributed by atoms with Crippen LogP contribution in [0.25, 0.3) is 21.5 Å². The molecule has 2 N–H and O–H groups in total. The molecule has 45 heavy (non-hydrogen) atoms. The predicted octanol–water partition coefficient (Wildman–Crippen LogP) is 9.04. The first-order valence-electron chi connectivity index (χ1n) is 15.8. The second-order valence-electron chi connectivity index (χ2n) is 14.7. The first-order chi connectivity index (χ1) is 21.2. The second-order valence-corrected chi connectivity index (χ2v) is 14.7. The van der Waals surface area contributed by atoms with Crippen LogP contribution in [0.5, 0.6) is 0 Å². The van der Waals surface area contributed by atoms with Crippen molar-refractivity contribution in [3.05, 3.63) is 129 Å². The zero-order valence-corrected chi connectivity index (χ0v) is 27.5. The summed E-state index contributed by atoms with van der Waals surface area (Å²) in [6.45, 7) is 17.4. The highest BCUT2D eigenvalue weighted by Crippen LogP contribution is 2.51. The first-order valence-corrected chi connectivity index (χ1v) is 15.8. The fraction of sp³-hybridized carbons (Fsp3) is 0.286. The van der Waals surface area contributed by atoms with E-state index in [-0.39, 0.29) is 11.1 Å². The Bertz CT molecular complexity index is 1990. The molecule has 0 aliphatic carbocycles. The van der Waals surface area contributed by atoms with E-state index in [1.807, 2.05) is 36.4 Å². The maximum atomic E-state index is 11.4. The molecular weight excluding hydrogens is 548 g/mol. The number of benzene rings is 5. The molecule has 5 aromatic carbocycles. The van der Waals surface area contributed by atoms with E-state index < -0.39 is 11.1 Å². The molecule has 2 aliphatic heterocycles. The van der Waals surface area contributed by atoms with Gasteiger partial charge in [-0.05, 0) is 148 Å². The van der Waals surface area contributed by atoms with E-state index >= 15 is 0 Å². The van der Waals surface area contributed by atoms with E-state index in [4.69, 9.17) is 0 Å². The highest BCUT2D eigenvalue weighted by atomic mass is 16.5. The lowest BCUT2D eigenvalue weighted by Crippen LogP contribution is -2.42. The fourth-order valence-corrected chi connectivity index (χ4v) is 7.79. The van der Waals surface area contributed by atoms with Crippen LogP contribution < -0.4 is 5.32 Å². The summed E-state index contributed by atoms with van der Waals surface area (Å²) in [4.78, 5) is 0. The van der Waals surface area contributed by atoms with Crippen LogP contribution in [-0.4, -0.2) is 10.3 Å². The van der Waals surface area contributed by atoms with Crippen LogP contribution in [0.2, 0.25) is 0 Å². The van der Waals surface area contributed by atoms with Crippen molar-refractivity contribution < 1.29 is 5.21 Å². The topological polar surface area (TPSA) is 35.5 Å². The molecule has 2 heterocycles. The van der Waals surface area contributed by atoms with Crippen molar-refractivity contribution in [2.45, 2.75) is 77.5 Å². The summed E-state index contributed by atoms with van der Waals surface area (Å²) in [7, 11) is 0. The quantitative estimate of drug-likeness (QED) is 0.140. The number of hydroxylamine groups is 2. The molecule has 5 aromatic rings. The third kappa shape index (κ3) is 4.50. The number of hydrogen-bond donors (Lipinski definition) is 2. The van der Waals surface area contributed by atoms with Gasteiger partial charge in [0.25, 0.3) is 0 Å². The zero-order valence-electron chi connectivity index (χ0n) is 27.5. The Balaban J connectivity index is 1.67. The lowest BCUT2D eigenvalue weighted by molar-refractivity contribution is -0.216. The van der Waals surface area contributed by atoms with Crippen molar-refractivity contribution in [1.82, 2.24) is 10.4 Å². The third-order valence-corrected chi connectivity index (χ3v) is 9.95. The molecule has 2 aliphatic rings. The maximum absolute atomic E-state index is 11.4. The van der Waals surface area contributed by atoms with Crippen molar-refractivity contribution in [3.63, 3.8) is 0 Å². The van der Waals surface area contributed by atoms with Gasteiger partial charge in [-0.2, -0.15) is 5.06 Å². The predicted molar refractivity (Wildman–Crippen MR) is 185 cm³/mol. The largest absolute Gasteiger partial charge is 0.312 e. The summed E-state index contributed by atoms with van der Waals surface area (Å²) >= 11 is 0. The molecule has 224 valence electrons. The molecule has 0 bridgehead atoms. The molecule has 0 atom stereocenters. The molecule has 0 saturated carbocycles. The zero-order chi connectivity index (χ0) is 31.9. The Morgan fingerprint density at radius 2 is 0.822 bits per heavy atom. The molecule has 0 amide bonds. The number of rotatable bonds is 0. The van der Waals surface area contributed by atoms with Gasteiger partial charge in [-0.25, -0.2) is 0 Å². The highest BCUT2D eigenvalue weighted by Gasteiger charge is 2.49. The van der Waals surface area contributed by atoms with Gasteiger partial charge >= 0.3 is 0 Å². The average molecular weight is 589 g/mol. The van der Waals surface area contributed by atoms with Crippen LogP contribution in [0, 0.1) is 23.7 Å². The van der Waals surface area contributed by atoms with E-state index in [9.17, 15) is 5.21 Å². The Kier molecular flexibility index (Phi) is 6.39. The molecule has 0 unspecified atom stereocenters. The Morgan fingerprint density at radius 1 is 0.489 bits per heavy atom. The summed E-state index contributed by atoms with van der Waals surface area (Å²) in [5, 5.41) is 21.1. The summed E-state index contributed by atoms with van der Waals surface area (Å²) in [6, 6.07) is 29.6. The average Bonchev–Trinajstić information content (AvgIpc) is 3.27.